The van der Waals surface area contributed by atoms with Crippen LogP contribution in [0.2, 0.25) is 0 Å². The Labute approximate surface area is 155 Å². The fourth-order valence-electron chi connectivity index (χ4n) is 2.30. The molecule has 2 amide bonds. The Bertz CT molecular complexity index is 894. The van der Waals surface area contributed by atoms with Crippen molar-refractivity contribution >= 4 is 23.2 Å². The van der Waals surface area contributed by atoms with E-state index in [2.05, 4.69) is 20.6 Å². The van der Waals surface area contributed by atoms with Gasteiger partial charge in [0, 0.05) is 28.4 Å². The highest BCUT2D eigenvalue weighted by molar-refractivity contribution is 7.15. The molecule has 0 radical (unpaired) electrons. The van der Waals surface area contributed by atoms with Gasteiger partial charge in [-0.1, -0.05) is 18.2 Å². The number of thiazole rings is 1. The molecule has 0 spiro atoms. The van der Waals surface area contributed by atoms with Crippen LogP contribution < -0.4 is 10.6 Å². The summed E-state index contributed by atoms with van der Waals surface area (Å²) in [7, 11) is 0. The molecule has 0 atom stereocenters. The van der Waals surface area contributed by atoms with Crippen LogP contribution in [-0.4, -0.2) is 28.3 Å². The molecule has 0 unspecified atom stereocenters. The van der Waals surface area contributed by atoms with Crippen molar-refractivity contribution in [3.63, 3.8) is 0 Å². The molecule has 3 rings (SSSR count). The summed E-state index contributed by atoms with van der Waals surface area (Å²) in [6, 6.07) is 12.6. The topological polar surface area (TPSA) is 84.0 Å². The second-order valence-corrected chi connectivity index (χ2v) is 6.68. The number of pyridine rings is 1. The Morgan fingerprint density at radius 1 is 1.08 bits per heavy atom. The van der Waals surface area contributed by atoms with Gasteiger partial charge < -0.3 is 10.6 Å². The molecule has 132 valence electrons. The lowest BCUT2D eigenvalue weighted by molar-refractivity contribution is -0.120. The van der Waals surface area contributed by atoms with Gasteiger partial charge in [0.25, 0.3) is 5.91 Å². The third-order valence-electron chi connectivity index (χ3n) is 3.69. The summed E-state index contributed by atoms with van der Waals surface area (Å²) in [5.41, 5.74) is 2.36. The molecule has 6 nitrogen and oxygen atoms in total. The maximum absolute atomic E-state index is 12.0. The zero-order valence-corrected chi connectivity index (χ0v) is 15.0. The largest absolute Gasteiger partial charge is 0.350 e. The Kier molecular flexibility index (Phi) is 5.70. The molecular formula is C19H18N4O2S. The van der Waals surface area contributed by atoms with E-state index in [1.165, 1.54) is 11.3 Å². The van der Waals surface area contributed by atoms with E-state index in [0.717, 1.165) is 21.1 Å². The third-order valence-corrected chi connectivity index (χ3v) is 4.90. The molecule has 1 aromatic carbocycles. The summed E-state index contributed by atoms with van der Waals surface area (Å²) >= 11 is 1.52. The number of aromatic nitrogens is 2. The van der Waals surface area contributed by atoms with Crippen molar-refractivity contribution < 1.29 is 9.59 Å². The third kappa shape index (κ3) is 4.52. The zero-order valence-electron chi connectivity index (χ0n) is 14.2. The van der Waals surface area contributed by atoms with E-state index in [9.17, 15) is 9.59 Å². The van der Waals surface area contributed by atoms with E-state index < -0.39 is 0 Å². The lowest BCUT2D eigenvalue weighted by atomic mass is 10.2. The highest BCUT2D eigenvalue weighted by atomic mass is 32.1. The van der Waals surface area contributed by atoms with Crippen molar-refractivity contribution in [1.29, 1.82) is 0 Å². The normalized spacial score (nSPS) is 10.3. The van der Waals surface area contributed by atoms with Gasteiger partial charge in [-0.2, -0.15) is 0 Å². The quantitative estimate of drug-likeness (QED) is 0.702. The molecule has 7 heteroatoms. The van der Waals surface area contributed by atoms with E-state index in [0.29, 0.717) is 12.1 Å². The SMILES string of the molecule is Cc1nc(-c2cccnc2)sc1CNC(=O)CNC(=O)c1ccccc1. The summed E-state index contributed by atoms with van der Waals surface area (Å²) in [6.45, 7) is 2.22. The summed E-state index contributed by atoms with van der Waals surface area (Å²) in [5, 5.41) is 6.29. The maximum atomic E-state index is 12.0. The highest BCUT2D eigenvalue weighted by Gasteiger charge is 2.11. The minimum Gasteiger partial charge on any atom is -0.350 e. The number of hydrogen-bond donors (Lipinski definition) is 2. The van der Waals surface area contributed by atoms with E-state index >= 15 is 0 Å². The van der Waals surface area contributed by atoms with Crippen molar-refractivity contribution in [2.45, 2.75) is 13.5 Å². The fourth-order valence-corrected chi connectivity index (χ4v) is 3.29. The van der Waals surface area contributed by atoms with Crippen LogP contribution in [0.15, 0.2) is 54.9 Å². The Balaban J connectivity index is 1.52. The smallest absolute Gasteiger partial charge is 0.251 e. The van der Waals surface area contributed by atoms with Crippen LogP contribution in [0.5, 0.6) is 0 Å². The number of nitrogens with zero attached hydrogens (tertiary/aromatic N) is 2. The first-order valence-corrected chi connectivity index (χ1v) is 8.92. The van der Waals surface area contributed by atoms with Gasteiger partial charge >= 0.3 is 0 Å². The Morgan fingerprint density at radius 2 is 1.88 bits per heavy atom. The minimum absolute atomic E-state index is 0.0684. The number of benzene rings is 1. The molecule has 0 aliphatic carbocycles. The lowest BCUT2D eigenvalue weighted by Gasteiger charge is -2.06. The van der Waals surface area contributed by atoms with Crippen LogP contribution in [0.3, 0.4) is 0 Å². The van der Waals surface area contributed by atoms with E-state index in [4.69, 9.17) is 0 Å². The van der Waals surface area contributed by atoms with E-state index in [1.54, 1.807) is 36.7 Å². The van der Waals surface area contributed by atoms with Crippen molar-refractivity contribution in [3.05, 3.63) is 71.0 Å². The Hall–Kier alpha value is -3.06. The van der Waals surface area contributed by atoms with Crippen LogP contribution in [0.1, 0.15) is 20.9 Å². The van der Waals surface area contributed by atoms with Crippen LogP contribution in [0.25, 0.3) is 10.6 Å². The van der Waals surface area contributed by atoms with Gasteiger partial charge in [0.2, 0.25) is 5.91 Å². The van der Waals surface area contributed by atoms with Gasteiger partial charge in [0.05, 0.1) is 18.8 Å². The number of carbonyl (C=O) groups excluding carboxylic acids is 2. The van der Waals surface area contributed by atoms with Gasteiger partial charge in [0.15, 0.2) is 0 Å². The van der Waals surface area contributed by atoms with Crippen LogP contribution in [-0.2, 0) is 11.3 Å². The molecule has 2 aromatic heterocycles. The monoisotopic (exact) mass is 366 g/mol. The summed E-state index contributed by atoms with van der Waals surface area (Å²) < 4.78 is 0. The number of nitrogens with one attached hydrogen (secondary N) is 2. The molecule has 2 N–H and O–H groups in total. The maximum Gasteiger partial charge on any atom is 0.251 e. The molecule has 3 aromatic rings. The molecule has 0 aliphatic rings. The van der Waals surface area contributed by atoms with E-state index in [1.807, 2.05) is 25.1 Å². The molecule has 0 saturated heterocycles. The number of amides is 2. The summed E-state index contributed by atoms with van der Waals surface area (Å²) in [4.78, 5) is 33.5. The van der Waals surface area contributed by atoms with Gasteiger partial charge in [-0.3, -0.25) is 14.6 Å². The van der Waals surface area contributed by atoms with Crippen LogP contribution >= 0.6 is 11.3 Å². The lowest BCUT2D eigenvalue weighted by Crippen LogP contribution is -2.36. The van der Waals surface area contributed by atoms with Gasteiger partial charge in [-0.15, -0.1) is 11.3 Å². The first-order chi connectivity index (χ1) is 12.6. The molecule has 26 heavy (non-hydrogen) atoms. The predicted molar refractivity (Wildman–Crippen MR) is 101 cm³/mol. The zero-order chi connectivity index (χ0) is 18.4. The van der Waals surface area contributed by atoms with Crippen molar-refractivity contribution in [1.82, 2.24) is 20.6 Å². The van der Waals surface area contributed by atoms with Gasteiger partial charge in [-0.05, 0) is 31.2 Å². The van der Waals surface area contributed by atoms with Gasteiger partial charge in [0.1, 0.15) is 5.01 Å². The van der Waals surface area contributed by atoms with Crippen molar-refractivity contribution in [2.75, 3.05) is 6.54 Å². The van der Waals surface area contributed by atoms with Crippen molar-refractivity contribution in [3.8, 4) is 10.6 Å². The highest BCUT2D eigenvalue weighted by Crippen LogP contribution is 2.27. The molecular weight excluding hydrogens is 348 g/mol. The molecule has 0 saturated carbocycles. The van der Waals surface area contributed by atoms with Crippen LogP contribution in [0, 0.1) is 6.92 Å². The first kappa shape index (κ1) is 17.8. The first-order valence-electron chi connectivity index (χ1n) is 8.10. The second kappa shape index (κ2) is 8.35. The average Bonchev–Trinajstić information content (AvgIpc) is 3.06. The number of hydrogen-bond acceptors (Lipinski definition) is 5. The van der Waals surface area contributed by atoms with Gasteiger partial charge in [-0.25, -0.2) is 4.98 Å². The standard InChI is InChI=1S/C19H18N4O2S/c1-13-16(26-19(23-13)15-8-5-9-20-10-15)11-21-17(24)12-22-18(25)14-6-3-2-4-7-14/h2-10H,11-12H2,1H3,(H,21,24)(H,22,25). The van der Waals surface area contributed by atoms with Crippen molar-refractivity contribution in [2.24, 2.45) is 0 Å². The average molecular weight is 366 g/mol. The number of carbonyl (C=O) groups is 2. The fraction of sp³-hybridized carbons (Fsp3) is 0.158. The Morgan fingerprint density at radius 3 is 2.62 bits per heavy atom. The van der Waals surface area contributed by atoms with E-state index in [-0.39, 0.29) is 18.4 Å². The van der Waals surface area contributed by atoms with Crippen LogP contribution in [0.4, 0.5) is 0 Å². The summed E-state index contributed by atoms with van der Waals surface area (Å²) in [5.74, 6) is -0.515. The summed E-state index contributed by atoms with van der Waals surface area (Å²) in [6.07, 6.45) is 3.48. The molecule has 0 bridgehead atoms. The second-order valence-electron chi connectivity index (χ2n) is 5.59. The predicted octanol–water partition coefficient (Wildman–Crippen LogP) is 2.56. The molecule has 2 heterocycles. The number of rotatable bonds is 6. The number of aryl methyl sites for hydroxylation is 1. The minimum atomic E-state index is -0.270. The molecule has 0 fully saturated rings. The molecule has 0 aliphatic heterocycles.